The number of H-pyrrole nitrogens is 2. The Kier molecular flexibility index (Phi) is 15.0. The van der Waals surface area contributed by atoms with E-state index in [-0.39, 0.29) is 53.3 Å². The molecule has 0 unspecified atom stereocenters. The Bertz CT molecular complexity index is 1750. The molecule has 2 aromatic carbocycles. The van der Waals surface area contributed by atoms with Crippen molar-refractivity contribution in [1.29, 1.82) is 0 Å². The second-order valence-corrected chi connectivity index (χ2v) is 10.4. The van der Waals surface area contributed by atoms with Crippen LogP contribution in [0.4, 0.5) is 0 Å². The second-order valence-electron chi connectivity index (χ2n) is 7.64. The van der Waals surface area contributed by atoms with Crippen LogP contribution in [0.5, 0.6) is 5.88 Å². The Hall–Kier alpha value is -1.25. The quantitative estimate of drug-likeness (QED) is 0.135. The predicted octanol–water partition coefficient (Wildman–Crippen LogP) is 4.48. The topological polar surface area (TPSA) is 136 Å². The number of halogens is 5. The van der Waals surface area contributed by atoms with Gasteiger partial charge in [0.1, 0.15) is 22.1 Å². The smallest absolute Gasteiger partial charge is 0.855 e. The van der Waals surface area contributed by atoms with Gasteiger partial charge in [-0.2, -0.15) is 4.98 Å². The standard InChI is InChI=1S/C12H9BrClN3O.C10H4BrCl2N3.C2H6O.C2H5O.Na/c1-2-18-11-10-9(16-12(14)17-11)6-4-3-5-7(13)8(6)15-10;11-5-3-1-2-4-6(5)14-8-7(4)15-10(13)16-9(8)12;2*1-2-3;/h3-5,15H,2H2,1H3;1-3,14H;3H,2H2,1H3;2H2,1H3;/q;;;-1;+1. The number of rotatable bonds is 2. The molecule has 0 saturated carbocycles. The normalized spacial score (nSPS) is 10.3. The van der Waals surface area contributed by atoms with Gasteiger partial charge in [-0.1, -0.05) is 42.8 Å². The number of nitrogens with zero attached hydrogens (tertiary/aromatic N) is 4. The molecule has 9 nitrogen and oxygen atoms in total. The number of ether oxygens (including phenoxy) is 1. The second kappa shape index (κ2) is 17.1. The first kappa shape index (κ1) is 35.9. The molecule has 6 aromatic rings. The Morgan fingerprint density at radius 3 is 1.71 bits per heavy atom. The Morgan fingerprint density at radius 2 is 1.22 bits per heavy atom. The average molecular weight is 758 g/mol. The van der Waals surface area contributed by atoms with Crippen LogP contribution in [0.15, 0.2) is 45.3 Å². The van der Waals surface area contributed by atoms with Gasteiger partial charge in [-0.3, -0.25) is 0 Å². The van der Waals surface area contributed by atoms with Crippen molar-refractivity contribution in [2.45, 2.75) is 20.8 Å². The van der Waals surface area contributed by atoms with Crippen molar-refractivity contribution < 1.29 is 44.5 Å². The van der Waals surface area contributed by atoms with Crippen LogP contribution in [-0.4, -0.2) is 54.8 Å². The maximum absolute atomic E-state index is 8.93. The number of aromatic nitrogens is 6. The van der Waals surface area contributed by atoms with Gasteiger partial charge in [0.25, 0.3) is 0 Å². The van der Waals surface area contributed by atoms with E-state index >= 15 is 0 Å². The molecule has 0 saturated heterocycles. The molecule has 0 atom stereocenters. The minimum absolute atomic E-state index is 0. The molecule has 6 rings (SSSR count). The van der Waals surface area contributed by atoms with Gasteiger partial charge in [0.2, 0.25) is 16.4 Å². The number of aliphatic hydroxyl groups excluding tert-OH is 1. The van der Waals surface area contributed by atoms with E-state index in [9.17, 15) is 0 Å². The van der Waals surface area contributed by atoms with Crippen molar-refractivity contribution in [3.8, 4) is 5.88 Å². The first-order valence-corrected chi connectivity index (χ1v) is 14.7. The number of hydrogen-bond donors (Lipinski definition) is 3. The van der Waals surface area contributed by atoms with Crippen LogP contribution in [-0.2, 0) is 0 Å². The van der Waals surface area contributed by atoms with Crippen molar-refractivity contribution in [3.63, 3.8) is 0 Å². The van der Waals surface area contributed by atoms with Gasteiger partial charge in [0.05, 0.1) is 17.6 Å². The Labute approximate surface area is 289 Å². The molecule has 0 aliphatic heterocycles. The fraction of sp³-hybridized carbons (Fsp3) is 0.231. The summed E-state index contributed by atoms with van der Waals surface area (Å²) < 4.78 is 7.41. The summed E-state index contributed by atoms with van der Waals surface area (Å²) in [5.74, 6) is 0.482. The van der Waals surface area contributed by atoms with Crippen LogP contribution in [0.1, 0.15) is 20.8 Å². The van der Waals surface area contributed by atoms with Crippen LogP contribution in [0.25, 0.3) is 43.9 Å². The molecule has 0 bridgehead atoms. The largest absolute Gasteiger partial charge is 1.00 e. The fourth-order valence-electron chi connectivity index (χ4n) is 3.62. The van der Waals surface area contributed by atoms with E-state index in [1.54, 1.807) is 13.8 Å². The van der Waals surface area contributed by atoms with Crippen molar-refractivity contribution in [3.05, 3.63) is 61.1 Å². The molecule has 0 spiro atoms. The number of benzene rings is 2. The zero-order valence-corrected chi connectivity index (χ0v) is 30.0. The Balaban J connectivity index is 0.000000237. The number of aromatic amines is 2. The molecule has 4 heterocycles. The summed E-state index contributed by atoms with van der Waals surface area (Å²) in [6.07, 6.45) is 0. The minimum atomic E-state index is 0. The fourth-order valence-corrected chi connectivity index (χ4v) is 5.14. The first-order valence-electron chi connectivity index (χ1n) is 11.9. The van der Waals surface area contributed by atoms with E-state index in [1.165, 1.54) is 0 Å². The third-order valence-electron chi connectivity index (χ3n) is 5.00. The average Bonchev–Trinajstić information content (AvgIpc) is 3.47. The van der Waals surface area contributed by atoms with Gasteiger partial charge < -0.3 is 24.9 Å². The molecule has 0 aliphatic rings. The summed E-state index contributed by atoms with van der Waals surface area (Å²) in [6.45, 7) is 5.93. The van der Waals surface area contributed by atoms with Crippen LogP contribution < -0.4 is 39.4 Å². The maximum Gasteiger partial charge on any atom is 1.00 e. The Morgan fingerprint density at radius 1 is 0.780 bits per heavy atom. The van der Waals surface area contributed by atoms with Gasteiger partial charge >= 0.3 is 29.6 Å². The number of nitrogens with one attached hydrogen (secondary N) is 2. The number of hydrogen-bond acceptors (Lipinski definition) is 7. The number of fused-ring (bicyclic) bond motifs is 6. The monoisotopic (exact) mass is 754 g/mol. The molecule has 0 amide bonds. The predicted molar refractivity (Wildman–Crippen MR) is 168 cm³/mol. The summed E-state index contributed by atoms with van der Waals surface area (Å²) in [5, 5.41) is 19.1. The van der Waals surface area contributed by atoms with Crippen LogP contribution >= 0.6 is 66.7 Å². The van der Waals surface area contributed by atoms with E-state index < -0.39 is 0 Å². The van der Waals surface area contributed by atoms with Crippen LogP contribution in [0.3, 0.4) is 0 Å². The SMILES string of the molecule is CCO.CCOc1nc(Cl)nc2c1[nH]c1c(Br)cccc12.CC[O-].Clc1nc(Cl)c2[nH]c3c(Br)cccc3c2n1.[Na+]. The van der Waals surface area contributed by atoms with Crippen molar-refractivity contribution in [1.82, 2.24) is 29.9 Å². The van der Waals surface area contributed by atoms with Crippen LogP contribution in [0.2, 0.25) is 15.7 Å². The molecule has 0 fully saturated rings. The van der Waals surface area contributed by atoms with E-state index in [0.29, 0.717) is 23.2 Å². The van der Waals surface area contributed by atoms with E-state index in [4.69, 9.17) is 49.8 Å². The molecule has 41 heavy (non-hydrogen) atoms. The summed E-state index contributed by atoms with van der Waals surface area (Å²) in [7, 11) is 0. The van der Waals surface area contributed by atoms with Crippen molar-refractivity contribution in [2.75, 3.05) is 19.8 Å². The molecule has 15 heteroatoms. The van der Waals surface area contributed by atoms with Gasteiger partial charge in [-0.25, -0.2) is 15.0 Å². The summed E-state index contributed by atoms with van der Waals surface area (Å²) in [5.41, 5.74) is 4.88. The third-order valence-corrected chi connectivity index (χ3v) is 6.94. The van der Waals surface area contributed by atoms with Gasteiger partial charge in [0.15, 0.2) is 5.15 Å². The molecule has 0 radical (unpaired) electrons. The third kappa shape index (κ3) is 8.66. The molecule has 3 N–H and O–H groups in total. The van der Waals surface area contributed by atoms with Crippen LogP contribution in [0, 0.1) is 0 Å². The number of aliphatic hydroxyl groups is 1. The summed E-state index contributed by atoms with van der Waals surface area (Å²) in [4.78, 5) is 22.9. The van der Waals surface area contributed by atoms with E-state index in [0.717, 1.165) is 47.3 Å². The van der Waals surface area contributed by atoms with Gasteiger partial charge in [0, 0.05) is 26.3 Å². The van der Waals surface area contributed by atoms with E-state index in [1.807, 2.05) is 43.3 Å². The molecular weight excluding hydrogens is 733 g/mol. The minimum Gasteiger partial charge on any atom is -0.855 e. The molecule has 212 valence electrons. The molecular formula is C26H24Br2Cl3N6NaO3. The maximum atomic E-state index is 8.93. The van der Waals surface area contributed by atoms with Crippen molar-refractivity contribution in [2.24, 2.45) is 0 Å². The van der Waals surface area contributed by atoms with Gasteiger partial charge in [-0.15, -0.1) is 6.61 Å². The van der Waals surface area contributed by atoms with Gasteiger partial charge in [-0.05, 0) is 81.0 Å². The zero-order chi connectivity index (χ0) is 29.4. The molecule has 4 aromatic heterocycles. The summed E-state index contributed by atoms with van der Waals surface area (Å²) >= 11 is 24.7. The first-order chi connectivity index (χ1) is 19.2. The summed E-state index contributed by atoms with van der Waals surface area (Å²) in [6, 6.07) is 11.7. The number of para-hydroxylation sites is 2. The van der Waals surface area contributed by atoms with E-state index in [2.05, 4.69) is 61.8 Å². The molecule has 0 aliphatic carbocycles. The van der Waals surface area contributed by atoms with Crippen molar-refractivity contribution >= 4 is 111 Å². The zero-order valence-electron chi connectivity index (χ0n) is 22.5.